The minimum absolute atomic E-state index is 0.150. The number of fused-ring (bicyclic) bond motifs is 1. The number of nitro benzene ring substituents is 1. The number of benzene rings is 1. The third-order valence-corrected chi connectivity index (χ3v) is 2.43. The molecule has 0 amide bonds. The van der Waals surface area contributed by atoms with Gasteiger partial charge in [0.05, 0.1) is 4.92 Å². The van der Waals surface area contributed by atoms with Crippen molar-refractivity contribution in [3.05, 3.63) is 40.6 Å². The quantitative estimate of drug-likeness (QED) is 0.672. The van der Waals surface area contributed by atoms with E-state index in [9.17, 15) is 10.1 Å². The van der Waals surface area contributed by atoms with E-state index < -0.39 is 0 Å². The van der Waals surface area contributed by atoms with Gasteiger partial charge in [0.1, 0.15) is 0 Å². The van der Waals surface area contributed by atoms with Gasteiger partial charge in [-0.2, -0.15) is 0 Å². The molecule has 0 aliphatic heterocycles. The van der Waals surface area contributed by atoms with Crippen molar-refractivity contribution >= 4 is 16.6 Å². The van der Waals surface area contributed by atoms with Gasteiger partial charge in [-0.25, -0.2) is 0 Å². The van der Waals surface area contributed by atoms with Crippen molar-refractivity contribution in [3.63, 3.8) is 0 Å². The molecule has 0 bridgehead atoms. The van der Waals surface area contributed by atoms with E-state index in [0.29, 0.717) is 0 Å². The summed E-state index contributed by atoms with van der Waals surface area (Å²) in [6.45, 7) is 3.05. The summed E-state index contributed by atoms with van der Waals surface area (Å²) in [4.78, 5) is 10.2. The number of nitro groups is 1. The van der Waals surface area contributed by atoms with Crippen LogP contribution in [0, 0.1) is 10.1 Å². The van der Waals surface area contributed by atoms with Crippen LogP contribution >= 0.6 is 0 Å². The molecule has 0 aliphatic rings. The smallest absolute Gasteiger partial charge is 0.270 e. The van der Waals surface area contributed by atoms with Crippen LogP contribution in [0.15, 0.2) is 30.5 Å². The summed E-state index contributed by atoms with van der Waals surface area (Å²) in [7, 11) is 3.75. The van der Waals surface area contributed by atoms with Gasteiger partial charge < -0.3 is 9.88 Å². The lowest BCUT2D eigenvalue weighted by Crippen LogP contribution is -1.94. The number of non-ortho nitro benzene ring substituents is 1. The van der Waals surface area contributed by atoms with Gasteiger partial charge in [0, 0.05) is 35.8 Å². The molecule has 1 N–H and O–H groups in total. The number of hydrogen-bond acceptors (Lipinski definition) is 3. The van der Waals surface area contributed by atoms with Gasteiger partial charge in [0.25, 0.3) is 5.69 Å². The summed E-state index contributed by atoms with van der Waals surface area (Å²) >= 11 is 0. The standard InChI is InChI=1S/C11H12N2O2.C2H7N/c1-2-6-12-7-5-9-8-10(13(14)15)3-4-11(9)12;1-3-2/h3-5,7-8H,2,6H2,1H3;3H,1-2H3. The number of aryl methyl sites for hydroxylation is 1. The maximum Gasteiger partial charge on any atom is 0.270 e. The monoisotopic (exact) mass is 249 g/mol. The Morgan fingerprint density at radius 2 is 2.00 bits per heavy atom. The second-order valence-electron chi connectivity index (χ2n) is 4.01. The molecule has 0 radical (unpaired) electrons. The van der Waals surface area contributed by atoms with Crippen LogP contribution in [0.2, 0.25) is 0 Å². The Hall–Kier alpha value is -1.88. The Bertz CT molecular complexity index is 520. The molecule has 1 aromatic carbocycles. The predicted molar refractivity (Wildman–Crippen MR) is 73.9 cm³/mol. The fourth-order valence-electron chi connectivity index (χ4n) is 1.74. The molecule has 0 saturated heterocycles. The van der Waals surface area contributed by atoms with E-state index in [-0.39, 0.29) is 10.6 Å². The van der Waals surface area contributed by atoms with Gasteiger partial charge in [0.15, 0.2) is 0 Å². The molecule has 0 unspecified atom stereocenters. The van der Waals surface area contributed by atoms with Crippen molar-refractivity contribution in [1.29, 1.82) is 0 Å². The molecule has 1 heterocycles. The molecule has 0 atom stereocenters. The van der Waals surface area contributed by atoms with Gasteiger partial charge in [-0.15, -0.1) is 0 Å². The first kappa shape index (κ1) is 14.2. The second kappa shape index (κ2) is 6.76. The van der Waals surface area contributed by atoms with E-state index in [1.165, 1.54) is 0 Å². The van der Waals surface area contributed by atoms with E-state index in [2.05, 4.69) is 16.8 Å². The third-order valence-electron chi connectivity index (χ3n) is 2.43. The molecular formula is C13H19N3O2. The first-order valence-corrected chi connectivity index (χ1v) is 5.95. The van der Waals surface area contributed by atoms with E-state index >= 15 is 0 Å². The summed E-state index contributed by atoms with van der Waals surface area (Å²) < 4.78 is 2.11. The van der Waals surface area contributed by atoms with Gasteiger partial charge in [-0.1, -0.05) is 6.92 Å². The van der Waals surface area contributed by atoms with Gasteiger partial charge >= 0.3 is 0 Å². The lowest BCUT2D eigenvalue weighted by Gasteiger charge is -2.01. The maximum absolute atomic E-state index is 10.6. The van der Waals surface area contributed by atoms with Crippen LogP contribution in [0.3, 0.4) is 0 Å². The molecule has 5 heteroatoms. The van der Waals surface area contributed by atoms with Crippen molar-refractivity contribution in [3.8, 4) is 0 Å². The first-order valence-electron chi connectivity index (χ1n) is 5.95. The predicted octanol–water partition coefficient (Wildman–Crippen LogP) is 2.80. The largest absolute Gasteiger partial charge is 0.347 e. The molecule has 1 aromatic heterocycles. The van der Waals surface area contributed by atoms with Crippen LogP contribution in [-0.4, -0.2) is 23.6 Å². The summed E-state index contributed by atoms with van der Waals surface area (Å²) in [5.41, 5.74) is 1.21. The van der Waals surface area contributed by atoms with Crippen molar-refractivity contribution in [2.24, 2.45) is 0 Å². The van der Waals surface area contributed by atoms with E-state index in [1.54, 1.807) is 12.1 Å². The van der Waals surface area contributed by atoms with Crippen molar-refractivity contribution in [2.45, 2.75) is 19.9 Å². The Labute approximate surface area is 107 Å². The van der Waals surface area contributed by atoms with Crippen LogP contribution < -0.4 is 5.32 Å². The number of nitrogens with zero attached hydrogens (tertiary/aromatic N) is 2. The topological polar surface area (TPSA) is 60.1 Å². The number of hydrogen-bond donors (Lipinski definition) is 1. The highest BCUT2D eigenvalue weighted by Gasteiger charge is 2.07. The van der Waals surface area contributed by atoms with Crippen molar-refractivity contribution < 1.29 is 4.92 Å². The Kier molecular flexibility index (Phi) is 5.32. The fourth-order valence-corrected chi connectivity index (χ4v) is 1.74. The van der Waals surface area contributed by atoms with Crippen LogP contribution in [0.1, 0.15) is 13.3 Å². The van der Waals surface area contributed by atoms with Crippen molar-refractivity contribution in [1.82, 2.24) is 9.88 Å². The minimum Gasteiger partial charge on any atom is -0.347 e. The van der Waals surface area contributed by atoms with Crippen molar-refractivity contribution in [2.75, 3.05) is 14.1 Å². The normalized spacial score (nSPS) is 9.94. The molecule has 0 spiro atoms. The lowest BCUT2D eigenvalue weighted by atomic mass is 10.2. The summed E-state index contributed by atoms with van der Waals surface area (Å²) in [6.07, 6.45) is 3.03. The Morgan fingerprint density at radius 3 is 2.56 bits per heavy atom. The average molecular weight is 249 g/mol. The molecular weight excluding hydrogens is 230 g/mol. The fraction of sp³-hybridized carbons (Fsp3) is 0.385. The summed E-state index contributed by atoms with van der Waals surface area (Å²) in [5, 5.41) is 14.3. The molecule has 18 heavy (non-hydrogen) atoms. The van der Waals surface area contributed by atoms with Crippen LogP contribution in [0.25, 0.3) is 10.9 Å². The van der Waals surface area contributed by atoms with E-state index in [1.807, 2.05) is 32.4 Å². The number of rotatable bonds is 3. The Balaban J connectivity index is 0.000000492. The molecule has 2 rings (SSSR count). The minimum atomic E-state index is -0.364. The van der Waals surface area contributed by atoms with Gasteiger partial charge in [0.2, 0.25) is 0 Å². The maximum atomic E-state index is 10.6. The van der Waals surface area contributed by atoms with Crippen LogP contribution in [0.4, 0.5) is 5.69 Å². The van der Waals surface area contributed by atoms with Crippen LogP contribution in [0.5, 0.6) is 0 Å². The molecule has 0 saturated carbocycles. The number of nitrogens with one attached hydrogen (secondary N) is 1. The van der Waals surface area contributed by atoms with E-state index in [4.69, 9.17) is 0 Å². The summed E-state index contributed by atoms with van der Waals surface area (Å²) in [5.74, 6) is 0. The lowest BCUT2D eigenvalue weighted by molar-refractivity contribution is -0.384. The second-order valence-corrected chi connectivity index (χ2v) is 4.01. The number of aromatic nitrogens is 1. The highest BCUT2D eigenvalue weighted by molar-refractivity contribution is 5.82. The SMILES string of the molecule is CCCn1ccc2cc([N+](=O)[O-])ccc21.CNC. The molecule has 5 nitrogen and oxygen atoms in total. The third kappa shape index (κ3) is 3.30. The Morgan fingerprint density at radius 1 is 1.33 bits per heavy atom. The molecule has 2 aromatic rings. The zero-order chi connectivity index (χ0) is 13.5. The zero-order valence-electron chi connectivity index (χ0n) is 11.0. The molecule has 0 fully saturated rings. The van der Waals surface area contributed by atoms with Gasteiger partial charge in [-0.05, 0) is 32.6 Å². The zero-order valence-corrected chi connectivity index (χ0v) is 11.0. The highest BCUT2D eigenvalue weighted by atomic mass is 16.6. The first-order chi connectivity index (χ1) is 8.63. The van der Waals surface area contributed by atoms with Gasteiger partial charge in [-0.3, -0.25) is 10.1 Å². The van der Waals surface area contributed by atoms with Crippen LogP contribution in [-0.2, 0) is 6.54 Å². The van der Waals surface area contributed by atoms with E-state index in [0.717, 1.165) is 23.9 Å². The summed E-state index contributed by atoms with van der Waals surface area (Å²) in [6, 6.07) is 6.89. The average Bonchev–Trinajstić information content (AvgIpc) is 2.73. The highest BCUT2D eigenvalue weighted by Crippen LogP contribution is 2.21. The molecule has 98 valence electrons. The molecule has 0 aliphatic carbocycles.